The number of nitrogens with one attached hydrogen (secondary N) is 2. The van der Waals surface area contributed by atoms with E-state index in [1.165, 1.54) is 38.5 Å². The summed E-state index contributed by atoms with van der Waals surface area (Å²) in [7, 11) is 1.68. The standard InChI is InChI=1S/C12H24N2O/c1-3-10-5-4-6-11(8-7-10)14-9-12(15)13-2/h10-11,14H,3-9H2,1-2H3,(H,13,15). The first kappa shape index (κ1) is 12.5. The van der Waals surface area contributed by atoms with Crippen LogP contribution < -0.4 is 10.6 Å². The lowest BCUT2D eigenvalue weighted by Gasteiger charge is -2.15. The number of hydrogen-bond donors (Lipinski definition) is 2. The minimum atomic E-state index is 0.0892. The van der Waals surface area contributed by atoms with Gasteiger partial charge in [-0.2, -0.15) is 0 Å². The Bertz CT molecular complexity index is 194. The van der Waals surface area contributed by atoms with Crippen molar-refractivity contribution < 1.29 is 4.79 Å². The number of rotatable bonds is 4. The van der Waals surface area contributed by atoms with Crippen LogP contribution in [-0.4, -0.2) is 25.5 Å². The lowest BCUT2D eigenvalue weighted by Crippen LogP contribution is -2.37. The average Bonchev–Trinajstić information content (AvgIpc) is 2.50. The molecule has 0 heterocycles. The quantitative estimate of drug-likeness (QED) is 0.696. The minimum Gasteiger partial charge on any atom is -0.358 e. The van der Waals surface area contributed by atoms with Gasteiger partial charge in [-0.25, -0.2) is 0 Å². The third-order valence-electron chi connectivity index (χ3n) is 3.50. The Kier molecular flexibility index (Phi) is 5.69. The molecule has 0 spiro atoms. The fourth-order valence-electron chi connectivity index (χ4n) is 2.32. The molecule has 15 heavy (non-hydrogen) atoms. The summed E-state index contributed by atoms with van der Waals surface area (Å²) in [6, 6.07) is 0.554. The fraction of sp³-hybridized carbons (Fsp3) is 0.917. The summed E-state index contributed by atoms with van der Waals surface area (Å²) in [5, 5.41) is 5.98. The van der Waals surface area contributed by atoms with Gasteiger partial charge >= 0.3 is 0 Å². The van der Waals surface area contributed by atoms with E-state index in [-0.39, 0.29) is 5.91 Å². The summed E-state index contributed by atoms with van der Waals surface area (Å²) >= 11 is 0. The van der Waals surface area contributed by atoms with Crippen LogP contribution >= 0.6 is 0 Å². The van der Waals surface area contributed by atoms with Gasteiger partial charge in [-0.3, -0.25) is 4.79 Å². The van der Waals surface area contributed by atoms with Gasteiger partial charge in [-0.15, -0.1) is 0 Å². The molecule has 2 N–H and O–H groups in total. The Labute approximate surface area is 93.0 Å². The van der Waals surface area contributed by atoms with Crippen molar-refractivity contribution in [2.24, 2.45) is 5.92 Å². The molecule has 2 unspecified atom stereocenters. The molecule has 3 heteroatoms. The van der Waals surface area contributed by atoms with Crippen molar-refractivity contribution in [1.29, 1.82) is 0 Å². The van der Waals surface area contributed by atoms with Gasteiger partial charge in [0, 0.05) is 13.1 Å². The normalized spacial score (nSPS) is 27.1. The fourth-order valence-corrected chi connectivity index (χ4v) is 2.32. The van der Waals surface area contributed by atoms with Gasteiger partial charge in [0.1, 0.15) is 0 Å². The van der Waals surface area contributed by atoms with Gasteiger partial charge in [0.05, 0.1) is 6.54 Å². The van der Waals surface area contributed by atoms with Gasteiger partial charge < -0.3 is 10.6 Å². The largest absolute Gasteiger partial charge is 0.358 e. The molecule has 0 bridgehead atoms. The molecule has 0 aromatic carbocycles. The Morgan fingerprint density at radius 1 is 1.27 bits per heavy atom. The van der Waals surface area contributed by atoms with Gasteiger partial charge in [-0.1, -0.05) is 26.2 Å². The molecular weight excluding hydrogens is 188 g/mol. The highest BCUT2D eigenvalue weighted by atomic mass is 16.1. The van der Waals surface area contributed by atoms with Crippen molar-refractivity contribution in [3.63, 3.8) is 0 Å². The summed E-state index contributed by atoms with van der Waals surface area (Å²) in [6.45, 7) is 2.75. The molecule has 0 aromatic rings. The highest BCUT2D eigenvalue weighted by molar-refractivity contribution is 5.77. The molecule has 1 aliphatic rings. The van der Waals surface area contributed by atoms with E-state index in [0.717, 1.165) is 5.92 Å². The second-order valence-corrected chi connectivity index (χ2v) is 4.53. The Morgan fingerprint density at radius 3 is 2.73 bits per heavy atom. The lowest BCUT2D eigenvalue weighted by atomic mass is 9.98. The predicted octanol–water partition coefficient (Wildman–Crippen LogP) is 1.68. The van der Waals surface area contributed by atoms with E-state index >= 15 is 0 Å². The maximum Gasteiger partial charge on any atom is 0.233 e. The van der Waals surface area contributed by atoms with Crippen LogP contribution in [0.5, 0.6) is 0 Å². The van der Waals surface area contributed by atoms with E-state index in [1.807, 2.05) is 0 Å². The Morgan fingerprint density at radius 2 is 2.07 bits per heavy atom. The maximum absolute atomic E-state index is 11.1. The number of carbonyl (C=O) groups is 1. The first-order valence-corrected chi connectivity index (χ1v) is 6.20. The topological polar surface area (TPSA) is 41.1 Å². The van der Waals surface area contributed by atoms with Crippen LogP contribution in [0.3, 0.4) is 0 Å². The van der Waals surface area contributed by atoms with Crippen LogP contribution in [0.1, 0.15) is 45.4 Å². The summed E-state index contributed by atoms with van der Waals surface area (Å²) < 4.78 is 0. The van der Waals surface area contributed by atoms with Crippen molar-refractivity contribution >= 4 is 5.91 Å². The minimum absolute atomic E-state index is 0.0892. The van der Waals surface area contributed by atoms with Gasteiger partial charge in [-0.05, 0) is 25.2 Å². The van der Waals surface area contributed by atoms with Crippen LogP contribution in [0.4, 0.5) is 0 Å². The highest BCUT2D eigenvalue weighted by Crippen LogP contribution is 2.25. The third kappa shape index (κ3) is 4.65. The van der Waals surface area contributed by atoms with E-state index in [0.29, 0.717) is 12.6 Å². The molecule has 0 aliphatic heterocycles. The molecule has 0 radical (unpaired) electrons. The van der Waals surface area contributed by atoms with E-state index in [9.17, 15) is 4.79 Å². The second kappa shape index (κ2) is 6.83. The van der Waals surface area contributed by atoms with Crippen LogP contribution in [0.2, 0.25) is 0 Å². The van der Waals surface area contributed by atoms with Crippen LogP contribution in [0.15, 0.2) is 0 Å². The van der Waals surface area contributed by atoms with Gasteiger partial charge in [0.25, 0.3) is 0 Å². The van der Waals surface area contributed by atoms with E-state index in [1.54, 1.807) is 7.05 Å². The summed E-state index contributed by atoms with van der Waals surface area (Å²) in [5.41, 5.74) is 0. The molecule has 0 saturated heterocycles. The Hall–Kier alpha value is -0.570. The molecular formula is C12H24N2O. The van der Waals surface area contributed by atoms with E-state index in [2.05, 4.69) is 17.6 Å². The van der Waals surface area contributed by atoms with Crippen molar-refractivity contribution in [3.05, 3.63) is 0 Å². The summed E-state index contributed by atoms with van der Waals surface area (Å²) in [4.78, 5) is 11.1. The summed E-state index contributed by atoms with van der Waals surface area (Å²) in [6.07, 6.45) is 7.77. The molecule has 3 nitrogen and oxygen atoms in total. The highest BCUT2D eigenvalue weighted by Gasteiger charge is 2.17. The van der Waals surface area contributed by atoms with Crippen LogP contribution in [0.25, 0.3) is 0 Å². The third-order valence-corrected chi connectivity index (χ3v) is 3.50. The lowest BCUT2D eigenvalue weighted by molar-refractivity contribution is -0.119. The van der Waals surface area contributed by atoms with Crippen LogP contribution in [-0.2, 0) is 4.79 Å². The SMILES string of the molecule is CCC1CCCC(NCC(=O)NC)CC1. The molecule has 1 rings (SSSR count). The molecule has 1 fully saturated rings. The molecule has 2 atom stereocenters. The zero-order valence-electron chi connectivity index (χ0n) is 10.0. The molecule has 1 aliphatic carbocycles. The van der Waals surface area contributed by atoms with Crippen LogP contribution in [0, 0.1) is 5.92 Å². The predicted molar refractivity (Wildman–Crippen MR) is 62.7 cm³/mol. The van der Waals surface area contributed by atoms with Crippen molar-refractivity contribution in [2.75, 3.05) is 13.6 Å². The first-order valence-electron chi connectivity index (χ1n) is 6.20. The first-order chi connectivity index (χ1) is 7.26. The van der Waals surface area contributed by atoms with E-state index < -0.39 is 0 Å². The number of hydrogen-bond acceptors (Lipinski definition) is 2. The zero-order valence-corrected chi connectivity index (χ0v) is 10.0. The van der Waals surface area contributed by atoms with Crippen molar-refractivity contribution in [3.8, 4) is 0 Å². The Balaban J connectivity index is 2.22. The number of carbonyl (C=O) groups excluding carboxylic acids is 1. The molecule has 1 saturated carbocycles. The van der Waals surface area contributed by atoms with Gasteiger partial charge in [0.2, 0.25) is 5.91 Å². The van der Waals surface area contributed by atoms with Crippen molar-refractivity contribution in [1.82, 2.24) is 10.6 Å². The van der Waals surface area contributed by atoms with E-state index in [4.69, 9.17) is 0 Å². The summed E-state index contributed by atoms with van der Waals surface area (Å²) in [5.74, 6) is 1.00. The number of amides is 1. The smallest absolute Gasteiger partial charge is 0.233 e. The van der Waals surface area contributed by atoms with Crippen molar-refractivity contribution in [2.45, 2.75) is 51.5 Å². The zero-order chi connectivity index (χ0) is 11.1. The monoisotopic (exact) mass is 212 g/mol. The molecule has 0 aromatic heterocycles. The molecule has 1 amide bonds. The maximum atomic E-state index is 11.1. The molecule has 88 valence electrons. The second-order valence-electron chi connectivity index (χ2n) is 4.53. The average molecular weight is 212 g/mol. The number of likely N-dealkylation sites (N-methyl/N-ethyl adjacent to an activating group) is 1. The van der Waals surface area contributed by atoms with Gasteiger partial charge in [0.15, 0.2) is 0 Å².